The molecule has 1 unspecified atom stereocenters. The third-order valence-corrected chi connectivity index (χ3v) is 5.90. The molecular formula is C20H30O5. The molecule has 0 radical (unpaired) electrons. The minimum atomic E-state index is -0.136. The van der Waals surface area contributed by atoms with Gasteiger partial charge in [-0.2, -0.15) is 0 Å². The molecule has 2 aliphatic carbocycles. The summed E-state index contributed by atoms with van der Waals surface area (Å²) in [5.74, 6) is 0.698. The molecule has 3 rings (SSSR count). The van der Waals surface area contributed by atoms with Crippen molar-refractivity contribution >= 4 is 12.3 Å². The summed E-state index contributed by atoms with van der Waals surface area (Å²) in [4.78, 5) is 22.8. The van der Waals surface area contributed by atoms with Crippen molar-refractivity contribution in [3.63, 3.8) is 0 Å². The summed E-state index contributed by atoms with van der Waals surface area (Å²) in [6, 6.07) is 0. The Morgan fingerprint density at radius 1 is 1.36 bits per heavy atom. The number of fused-ring (bicyclic) bond motifs is 1. The second-order valence-electron chi connectivity index (χ2n) is 7.56. The zero-order valence-electron chi connectivity index (χ0n) is 15.2. The fraction of sp³-hybridized carbons (Fsp3) is 0.800. The third-order valence-electron chi connectivity index (χ3n) is 5.90. The number of methoxy groups -OCH3 is 1. The second-order valence-corrected chi connectivity index (χ2v) is 7.56. The SMILES string of the molecule is COC(=O)CCCCC1=C[C@@H]2C[C@H](OC3CCCCO3)[C@H](C=O)[C@@H]2C1. The van der Waals surface area contributed by atoms with Gasteiger partial charge < -0.3 is 19.0 Å². The second kappa shape index (κ2) is 8.95. The minimum absolute atomic E-state index is 0.00715. The van der Waals surface area contributed by atoms with Crippen LogP contribution in [-0.4, -0.2) is 38.4 Å². The van der Waals surface area contributed by atoms with E-state index in [0.29, 0.717) is 18.3 Å². The Hall–Kier alpha value is -1.20. The molecule has 5 atom stereocenters. The zero-order valence-corrected chi connectivity index (χ0v) is 15.2. The highest BCUT2D eigenvalue weighted by Gasteiger charge is 2.46. The van der Waals surface area contributed by atoms with Crippen molar-refractivity contribution in [3.8, 4) is 0 Å². The summed E-state index contributed by atoms with van der Waals surface area (Å²) in [5, 5.41) is 0. The average molecular weight is 350 g/mol. The smallest absolute Gasteiger partial charge is 0.305 e. The van der Waals surface area contributed by atoms with Crippen LogP contribution in [-0.2, 0) is 23.8 Å². The molecule has 2 fully saturated rings. The van der Waals surface area contributed by atoms with Crippen LogP contribution in [0.1, 0.15) is 57.8 Å². The van der Waals surface area contributed by atoms with E-state index in [1.807, 2.05) is 0 Å². The molecule has 1 saturated heterocycles. The van der Waals surface area contributed by atoms with Crippen molar-refractivity contribution in [1.29, 1.82) is 0 Å². The number of esters is 1. The van der Waals surface area contributed by atoms with E-state index in [-0.39, 0.29) is 24.3 Å². The maximum absolute atomic E-state index is 11.7. The lowest BCUT2D eigenvalue weighted by atomic mass is 9.90. The fourth-order valence-electron chi connectivity index (χ4n) is 4.57. The van der Waals surface area contributed by atoms with Gasteiger partial charge in [-0.05, 0) is 63.2 Å². The van der Waals surface area contributed by atoms with Gasteiger partial charge in [0.2, 0.25) is 0 Å². The normalized spacial score (nSPS) is 34.4. The van der Waals surface area contributed by atoms with Crippen LogP contribution in [0.15, 0.2) is 11.6 Å². The van der Waals surface area contributed by atoms with E-state index in [2.05, 4.69) is 10.8 Å². The maximum Gasteiger partial charge on any atom is 0.305 e. The molecule has 0 aromatic heterocycles. The minimum Gasteiger partial charge on any atom is -0.469 e. The largest absolute Gasteiger partial charge is 0.469 e. The highest BCUT2D eigenvalue weighted by molar-refractivity contribution is 5.68. The lowest BCUT2D eigenvalue weighted by Gasteiger charge is -2.28. The predicted molar refractivity (Wildman–Crippen MR) is 92.8 cm³/mol. The van der Waals surface area contributed by atoms with Crippen LogP contribution < -0.4 is 0 Å². The molecule has 5 nitrogen and oxygen atoms in total. The Balaban J connectivity index is 1.46. The molecule has 25 heavy (non-hydrogen) atoms. The molecule has 3 aliphatic rings. The van der Waals surface area contributed by atoms with Gasteiger partial charge in [0.1, 0.15) is 6.29 Å². The first-order chi connectivity index (χ1) is 12.2. The highest BCUT2D eigenvalue weighted by atomic mass is 16.7. The third kappa shape index (κ3) is 4.70. The lowest BCUT2D eigenvalue weighted by Crippen LogP contribution is -2.32. The van der Waals surface area contributed by atoms with Gasteiger partial charge in [0.15, 0.2) is 6.29 Å². The van der Waals surface area contributed by atoms with Crippen LogP contribution in [0.5, 0.6) is 0 Å². The number of hydrogen-bond donors (Lipinski definition) is 0. The first kappa shape index (κ1) is 18.6. The average Bonchev–Trinajstić information content (AvgIpc) is 3.16. The van der Waals surface area contributed by atoms with Crippen molar-refractivity contribution in [2.45, 2.75) is 70.2 Å². The molecule has 0 N–H and O–H groups in total. The molecule has 1 aliphatic heterocycles. The van der Waals surface area contributed by atoms with Gasteiger partial charge in [-0.3, -0.25) is 4.79 Å². The molecule has 0 aromatic carbocycles. The Labute approximate surface area is 150 Å². The summed E-state index contributed by atoms with van der Waals surface area (Å²) in [6.45, 7) is 0.769. The number of carbonyl (C=O) groups is 2. The first-order valence-corrected chi connectivity index (χ1v) is 9.70. The van der Waals surface area contributed by atoms with Crippen LogP contribution in [0.25, 0.3) is 0 Å². The predicted octanol–water partition coefficient (Wildman–Crippen LogP) is 3.41. The standard InChI is InChI=1S/C20H30O5/c1-23-19(22)7-3-2-6-14-10-15-12-18(17(13-21)16(15)11-14)25-20-8-4-5-9-24-20/h10,13,15-18,20H,2-9,11-12H2,1H3/t15-,16-,17-,18+,20?/m1/s1. The number of allylic oxidation sites excluding steroid dienone is 2. The summed E-state index contributed by atoms with van der Waals surface area (Å²) >= 11 is 0. The summed E-state index contributed by atoms with van der Waals surface area (Å²) in [6.07, 6.45) is 11.9. The Bertz CT molecular complexity index is 494. The molecule has 1 heterocycles. The van der Waals surface area contributed by atoms with E-state index in [0.717, 1.165) is 64.3 Å². The van der Waals surface area contributed by atoms with Crippen molar-refractivity contribution in [2.75, 3.05) is 13.7 Å². The quantitative estimate of drug-likeness (QED) is 0.290. The molecular weight excluding hydrogens is 320 g/mol. The zero-order chi connectivity index (χ0) is 17.6. The van der Waals surface area contributed by atoms with Gasteiger partial charge in [0.05, 0.1) is 13.2 Å². The number of carbonyl (C=O) groups excluding carboxylic acids is 2. The van der Waals surface area contributed by atoms with Crippen molar-refractivity contribution < 1.29 is 23.8 Å². The van der Waals surface area contributed by atoms with E-state index in [4.69, 9.17) is 9.47 Å². The number of ether oxygens (including phenoxy) is 3. The van der Waals surface area contributed by atoms with Gasteiger partial charge in [-0.1, -0.05) is 11.6 Å². The topological polar surface area (TPSA) is 61.8 Å². The van der Waals surface area contributed by atoms with Crippen molar-refractivity contribution in [2.24, 2.45) is 17.8 Å². The molecule has 1 saturated carbocycles. The number of rotatable bonds is 8. The van der Waals surface area contributed by atoms with Gasteiger partial charge in [0, 0.05) is 18.9 Å². The van der Waals surface area contributed by atoms with E-state index in [1.165, 1.54) is 12.7 Å². The Morgan fingerprint density at radius 2 is 2.24 bits per heavy atom. The Kier molecular flexibility index (Phi) is 6.65. The summed E-state index contributed by atoms with van der Waals surface area (Å²) < 4.78 is 16.5. The van der Waals surface area contributed by atoms with E-state index < -0.39 is 0 Å². The first-order valence-electron chi connectivity index (χ1n) is 9.70. The molecule has 0 bridgehead atoms. The summed E-state index contributed by atoms with van der Waals surface area (Å²) in [7, 11) is 1.43. The Morgan fingerprint density at radius 3 is 2.96 bits per heavy atom. The number of hydrogen-bond acceptors (Lipinski definition) is 5. The lowest BCUT2D eigenvalue weighted by molar-refractivity contribution is -0.194. The molecule has 5 heteroatoms. The number of aldehydes is 1. The van der Waals surface area contributed by atoms with Gasteiger partial charge in [0.25, 0.3) is 0 Å². The van der Waals surface area contributed by atoms with Crippen molar-refractivity contribution in [3.05, 3.63) is 11.6 Å². The van der Waals surface area contributed by atoms with Crippen LogP contribution in [0, 0.1) is 17.8 Å². The summed E-state index contributed by atoms with van der Waals surface area (Å²) in [5.41, 5.74) is 1.44. The molecule has 140 valence electrons. The van der Waals surface area contributed by atoms with E-state index in [9.17, 15) is 9.59 Å². The van der Waals surface area contributed by atoms with E-state index >= 15 is 0 Å². The fourth-order valence-corrected chi connectivity index (χ4v) is 4.57. The molecule has 0 aromatic rings. The maximum atomic E-state index is 11.7. The van der Waals surface area contributed by atoms with Gasteiger partial charge >= 0.3 is 5.97 Å². The molecule has 0 amide bonds. The molecule has 0 spiro atoms. The van der Waals surface area contributed by atoms with Crippen LogP contribution in [0.4, 0.5) is 0 Å². The van der Waals surface area contributed by atoms with Gasteiger partial charge in [-0.25, -0.2) is 0 Å². The van der Waals surface area contributed by atoms with Crippen LogP contribution in [0.3, 0.4) is 0 Å². The highest BCUT2D eigenvalue weighted by Crippen LogP contribution is 2.48. The van der Waals surface area contributed by atoms with Crippen LogP contribution >= 0.6 is 0 Å². The van der Waals surface area contributed by atoms with Crippen molar-refractivity contribution in [1.82, 2.24) is 0 Å². The van der Waals surface area contributed by atoms with Crippen LogP contribution in [0.2, 0.25) is 0 Å². The van der Waals surface area contributed by atoms with Gasteiger partial charge in [-0.15, -0.1) is 0 Å². The number of unbranched alkanes of at least 4 members (excludes halogenated alkanes) is 1. The monoisotopic (exact) mass is 350 g/mol. The van der Waals surface area contributed by atoms with E-state index in [1.54, 1.807) is 0 Å².